The Morgan fingerprint density at radius 2 is 2.11 bits per heavy atom. The molecule has 3 rings (SSSR count). The first-order chi connectivity index (χ1) is 13.5. The van der Waals surface area contributed by atoms with Crippen molar-refractivity contribution in [1.29, 1.82) is 0 Å². The van der Waals surface area contributed by atoms with E-state index < -0.39 is 18.0 Å². The van der Waals surface area contributed by atoms with Gasteiger partial charge in [-0.15, -0.1) is 0 Å². The second kappa shape index (κ2) is 8.90. The van der Waals surface area contributed by atoms with Crippen molar-refractivity contribution >= 4 is 29.4 Å². The number of para-hydroxylation sites is 1. The molecule has 9 heteroatoms. The smallest absolute Gasteiger partial charge is 0.320 e. The minimum absolute atomic E-state index is 0.140. The molecule has 0 aliphatic carbocycles. The Morgan fingerprint density at radius 1 is 1.32 bits per heavy atom. The molecule has 2 heterocycles. The monoisotopic (exact) mass is 404 g/mol. The lowest BCUT2D eigenvalue weighted by molar-refractivity contribution is 0.0917. The molecule has 0 saturated carbocycles. The Morgan fingerprint density at radius 3 is 2.89 bits per heavy atom. The number of aliphatic hydroxyl groups excluding tert-OH is 1. The van der Waals surface area contributed by atoms with Gasteiger partial charge in [-0.2, -0.15) is 0 Å². The van der Waals surface area contributed by atoms with Crippen molar-refractivity contribution < 1.29 is 19.4 Å². The number of rotatable bonds is 5. The maximum Gasteiger partial charge on any atom is 0.320 e. The maximum absolute atomic E-state index is 12.4. The quantitative estimate of drug-likeness (QED) is 0.611. The number of carbonyl (C=O) groups excluding carboxylic acids is 2. The normalized spacial score (nSPS) is 16.3. The third-order valence-corrected chi connectivity index (χ3v) is 4.50. The van der Waals surface area contributed by atoms with Crippen LogP contribution in [0.25, 0.3) is 0 Å². The van der Waals surface area contributed by atoms with Crippen molar-refractivity contribution in [2.24, 2.45) is 0 Å². The van der Waals surface area contributed by atoms with Gasteiger partial charge in [0.25, 0.3) is 5.91 Å². The molecule has 3 amide bonds. The van der Waals surface area contributed by atoms with Crippen LogP contribution in [0.2, 0.25) is 5.02 Å². The zero-order chi connectivity index (χ0) is 20.1. The van der Waals surface area contributed by atoms with Gasteiger partial charge in [0, 0.05) is 18.0 Å². The third-order valence-electron chi connectivity index (χ3n) is 4.21. The zero-order valence-corrected chi connectivity index (χ0v) is 16.0. The summed E-state index contributed by atoms with van der Waals surface area (Å²) in [5.74, 6) is 0.384. The van der Waals surface area contributed by atoms with E-state index in [2.05, 4.69) is 20.9 Å². The summed E-state index contributed by atoms with van der Waals surface area (Å²) in [5, 5.41) is 17.6. The van der Waals surface area contributed by atoms with Crippen LogP contribution in [0.15, 0.2) is 36.4 Å². The number of halogens is 1. The average Bonchev–Trinajstić information content (AvgIpc) is 2.69. The van der Waals surface area contributed by atoms with E-state index in [0.717, 1.165) is 5.56 Å². The number of aliphatic hydroxyl groups is 1. The van der Waals surface area contributed by atoms with Crippen molar-refractivity contribution in [1.82, 2.24) is 15.6 Å². The average molecular weight is 405 g/mol. The van der Waals surface area contributed by atoms with Crippen LogP contribution in [0.4, 0.5) is 10.6 Å². The number of anilines is 1. The summed E-state index contributed by atoms with van der Waals surface area (Å²) in [5.41, 5.74) is 0.953. The van der Waals surface area contributed by atoms with Crippen molar-refractivity contribution in [3.8, 4) is 5.75 Å². The largest absolute Gasteiger partial charge is 0.492 e. The van der Waals surface area contributed by atoms with E-state index in [-0.39, 0.29) is 24.2 Å². The van der Waals surface area contributed by atoms with Crippen LogP contribution >= 0.6 is 11.6 Å². The maximum atomic E-state index is 12.4. The first kappa shape index (κ1) is 19.9. The van der Waals surface area contributed by atoms with Crippen LogP contribution in [-0.2, 0) is 0 Å². The van der Waals surface area contributed by atoms with Gasteiger partial charge < -0.3 is 20.5 Å². The summed E-state index contributed by atoms with van der Waals surface area (Å²) in [6, 6.07) is 9.03. The number of fused-ring (bicyclic) bond motifs is 1. The lowest BCUT2D eigenvalue weighted by Gasteiger charge is -2.27. The summed E-state index contributed by atoms with van der Waals surface area (Å²) < 4.78 is 5.59. The van der Waals surface area contributed by atoms with E-state index in [1.807, 2.05) is 6.07 Å². The number of urea groups is 1. The molecule has 0 radical (unpaired) electrons. The molecule has 1 aliphatic heterocycles. The number of nitrogens with zero attached hydrogens (tertiary/aromatic N) is 1. The standard InChI is InChI=1S/C19H21ClN4O4/c1-11(10-25)21-18(26)15-6-3-7-16(22-15)24-19(27)23-14-8-9-28-17-12(14)4-2-5-13(17)20/h2-7,11,14,25H,8-10H2,1H3,(H,21,26)(H2,22,23,24,27)/t11-,14-/m0/s1. The second-order valence-electron chi connectivity index (χ2n) is 6.41. The van der Waals surface area contributed by atoms with E-state index >= 15 is 0 Å². The molecular weight excluding hydrogens is 384 g/mol. The highest BCUT2D eigenvalue weighted by Gasteiger charge is 2.24. The molecule has 28 heavy (non-hydrogen) atoms. The van der Waals surface area contributed by atoms with E-state index in [4.69, 9.17) is 21.4 Å². The van der Waals surface area contributed by atoms with Crippen molar-refractivity contribution in [3.63, 3.8) is 0 Å². The number of aromatic nitrogens is 1. The Balaban J connectivity index is 1.66. The number of hydrogen-bond acceptors (Lipinski definition) is 5. The number of benzene rings is 1. The van der Waals surface area contributed by atoms with Gasteiger partial charge in [-0.1, -0.05) is 29.8 Å². The first-order valence-corrected chi connectivity index (χ1v) is 9.23. The predicted molar refractivity (Wildman–Crippen MR) is 105 cm³/mol. The molecule has 0 bridgehead atoms. The second-order valence-corrected chi connectivity index (χ2v) is 6.82. The lowest BCUT2D eigenvalue weighted by atomic mass is 10.0. The Hall–Kier alpha value is -2.84. The van der Waals surface area contributed by atoms with Gasteiger partial charge >= 0.3 is 6.03 Å². The highest BCUT2D eigenvalue weighted by atomic mass is 35.5. The van der Waals surface area contributed by atoms with E-state index in [1.165, 1.54) is 6.07 Å². The summed E-state index contributed by atoms with van der Waals surface area (Å²) in [6.07, 6.45) is 0.607. The molecule has 148 valence electrons. The molecule has 2 atom stereocenters. The molecule has 0 spiro atoms. The van der Waals surface area contributed by atoms with Gasteiger partial charge in [-0.25, -0.2) is 9.78 Å². The molecule has 1 aliphatic rings. The summed E-state index contributed by atoms with van der Waals surface area (Å²) in [6.45, 7) is 1.94. The molecule has 4 N–H and O–H groups in total. The Bertz CT molecular complexity index is 877. The van der Waals surface area contributed by atoms with E-state index in [1.54, 1.807) is 31.2 Å². The fourth-order valence-corrected chi connectivity index (χ4v) is 3.06. The topological polar surface area (TPSA) is 113 Å². The Kier molecular flexibility index (Phi) is 6.33. The van der Waals surface area contributed by atoms with Gasteiger partial charge in [-0.3, -0.25) is 10.1 Å². The van der Waals surface area contributed by atoms with Crippen molar-refractivity contribution in [2.45, 2.75) is 25.4 Å². The number of carbonyl (C=O) groups is 2. The van der Waals surface area contributed by atoms with Gasteiger partial charge in [0.1, 0.15) is 17.3 Å². The molecular formula is C19H21ClN4O4. The summed E-state index contributed by atoms with van der Waals surface area (Å²) >= 11 is 6.15. The van der Waals surface area contributed by atoms with Crippen LogP contribution in [0.5, 0.6) is 5.75 Å². The Labute approximate surface area is 167 Å². The first-order valence-electron chi connectivity index (χ1n) is 8.85. The highest BCUT2D eigenvalue weighted by Crippen LogP contribution is 2.37. The minimum atomic E-state index is -0.452. The number of nitrogens with one attached hydrogen (secondary N) is 3. The van der Waals surface area contributed by atoms with Crippen LogP contribution in [0, 0.1) is 0 Å². The van der Waals surface area contributed by atoms with Gasteiger partial charge in [0.2, 0.25) is 0 Å². The molecule has 0 saturated heterocycles. The number of ether oxygens (including phenoxy) is 1. The predicted octanol–water partition coefficient (Wildman–Crippen LogP) is 2.49. The summed E-state index contributed by atoms with van der Waals surface area (Å²) in [7, 11) is 0. The molecule has 8 nitrogen and oxygen atoms in total. The lowest BCUT2D eigenvalue weighted by Crippen LogP contribution is -2.36. The SMILES string of the molecule is C[C@@H](CO)NC(=O)c1cccc(NC(=O)N[C@H]2CCOc3c(Cl)cccc32)n1. The fourth-order valence-electron chi connectivity index (χ4n) is 2.82. The van der Waals surface area contributed by atoms with E-state index in [0.29, 0.717) is 23.8 Å². The number of pyridine rings is 1. The molecule has 1 aromatic heterocycles. The van der Waals surface area contributed by atoms with Crippen LogP contribution in [-0.4, -0.2) is 41.3 Å². The minimum Gasteiger partial charge on any atom is -0.492 e. The molecule has 0 unspecified atom stereocenters. The molecule has 2 aromatic rings. The van der Waals surface area contributed by atoms with Crippen LogP contribution < -0.4 is 20.7 Å². The highest BCUT2D eigenvalue weighted by molar-refractivity contribution is 6.32. The third kappa shape index (κ3) is 4.71. The van der Waals surface area contributed by atoms with E-state index in [9.17, 15) is 9.59 Å². The zero-order valence-electron chi connectivity index (χ0n) is 15.2. The number of amides is 3. The van der Waals surface area contributed by atoms with Gasteiger partial charge in [0.15, 0.2) is 0 Å². The van der Waals surface area contributed by atoms with Gasteiger partial charge in [-0.05, 0) is 25.1 Å². The fraction of sp³-hybridized carbons (Fsp3) is 0.316. The van der Waals surface area contributed by atoms with Crippen LogP contribution in [0.1, 0.15) is 35.4 Å². The molecule has 0 fully saturated rings. The molecule has 1 aromatic carbocycles. The summed E-state index contributed by atoms with van der Waals surface area (Å²) in [4.78, 5) is 28.6. The van der Waals surface area contributed by atoms with Crippen molar-refractivity contribution in [3.05, 3.63) is 52.7 Å². The van der Waals surface area contributed by atoms with Crippen molar-refractivity contribution in [2.75, 3.05) is 18.5 Å². The van der Waals surface area contributed by atoms with Gasteiger partial charge in [0.05, 0.1) is 24.3 Å². The number of hydrogen-bond donors (Lipinski definition) is 4. The van der Waals surface area contributed by atoms with Crippen LogP contribution in [0.3, 0.4) is 0 Å².